The van der Waals surface area contributed by atoms with Crippen LogP contribution < -0.4 is 5.73 Å². The van der Waals surface area contributed by atoms with E-state index < -0.39 is 6.43 Å². The molecule has 0 spiro atoms. The van der Waals surface area contributed by atoms with Crippen LogP contribution in [0.2, 0.25) is 0 Å². The Morgan fingerprint density at radius 3 is 2.67 bits per heavy atom. The van der Waals surface area contributed by atoms with Gasteiger partial charge in [-0.2, -0.15) is 0 Å². The number of nitrogen functional groups attached to an aromatic ring is 1. The summed E-state index contributed by atoms with van der Waals surface area (Å²) in [7, 11) is 0. The first kappa shape index (κ1) is 8.58. The molecule has 0 amide bonds. The van der Waals surface area contributed by atoms with Gasteiger partial charge < -0.3 is 5.73 Å². The van der Waals surface area contributed by atoms with Crippen molar-refractivity contribution in [1.29, 1.82) is 0 Å². The van der Waals surface area contributed by atoms with E-state index in [-0.39, 0.29) is 16.9 Å². The molecule has 1 aromatic rings. The summed E-state index contributed by atoms with van der Waals surface area (Å²) >= 11 is 0. The standard InChI is InChI=1S/C7H6F2N2O/c8-7(9)5-2-11-4(3-12)1-6(5)10/h1-3,7H,(H2,10,11). The summed E-state index contributed by atoms with van der Waals surface area (Å²) in [5.41, 5.74) is 4.82. The molecule has 0 saturated heterocycles. The number of hydrogen-bond donors (Lipinski definition) is 1. The van der Waals surface area contributed by atoms with E-state index in [1.165, 1.54) is 0 Å². The van der Waals surface area contributed by atoms with Gasteiger partial charge in [0.2, 0.25) is 0 Å². The molecular weight excluding hydrogens is 166 g/mol. The number of aldehydes is 1. The maximum atomic E-state index is 12.1. The van der Waals surface area contributed by atoms with Crippen LogP contribution in [-0.2, 0) is 0 Å². The number of carbonyl (C=O) groups excluding carboxylic acids is 1. The quantitative estimate of drug-likeness (QED) is 0.686. The lowest BCUT2D eigenvalue weighted by atomic mass is 10.2. The number of rotatable bonds is 2. The van der Waals surface area contributed by atoms with Crippen LogP contribution in [0.1, 0.15) is 22.5 Å². The highest BCUT2D eigenvalue weighted by atomic mass is 19.3. The molecule has 12 heavy (non-hydrogen) atoms. The minimum Gasteiger partial charge on any atom is -0.398 e. The predicted octanol–water partition coefficient (Wildman–Crippen LogP) is 1.41. The number of nitrogens with zero attached hydrogens (tertiary/aromatic N) is 1. The fourth-order valence-electron chi connectivity index (χ4n) is 0.745. The maximum Gasteiger partial charge on any atom is 0.267 e. The largest absolute Gasteiger partial charge is 0.398 e. The van der Waals surface area contributed by atoms with E-state index in [4.69, 9.17) is 5.73 Å². The normalized spacial score (nSPS) is 10.2. The van der Waals surface area contributed by atoms with Crippen molar-refractivity contribution in [2.45, 2.75) is 6.43 Å². The number of anilines is 1. The second-order valence-corrected chi connectivity index (χ2v) is 2.16. The molecule has 0 aliphatic heterocycles. The van der Waals surface area contributed by atoms with Crippen LogP contribution in [0.25, 0.3) is 0 Å². The molecule has 0 saturated carbocycles. The van der Waals surface area contributed by atoms with Gasteiger partial charge in [0, 0.05) is 11.9 Å². The highest BCUT2D eigenvalue weighted by Gasteiger charge is 2.11. The Morgan fingerprint density at radius 1 is 1.58 bits per heavy atom. The van der Waals surface area contributed by atoms with Crippen molar-refractivity contribution in [3.8, 4) is 0 Å². The number of aromatic nitrogens is 1. The molecule has 3 nitrogen and oxygen atoms in total. The highest BCUT2D eigenvalue weighted by molar-refractivity contribution is 5.74. The van der Waals surface area contributed by atoms with Gasteiger partial charge in [-0.1, -0.05) is 0 Å². The van der Waals surface area contributed by atoms with E-state index >= 15 is 0 Å². The first-order valence-corrected chi connectivity index (χ1v) is 3.14. The van der Waals surface area contributed by atoms with E-state index in [9.17, 15) is 13.6 Å². The van der Waals surface area contributed by atoms with Crippen molar-refractivity contribution in [3.63, 3.8) is 0 Å². The Hall–Kier alpha value is -1.52. The summed E-state index contributed by atoms with van der Waals surface area (Å²) in [6, 6.07) is 1.12. The van der Waals surface area contributed by atoms with Crippen LogP contribution in [0, 0.1) is 0 Å². The molecule has 0 aliphatic rings. The van der Waals surface area contributed by atoms with Gasteiger partial charge in [-0.15, -0.1) is 0 Å². The summed E-state index contributed by atoms with van der Waals surface area (Å²) in [5, 5.41) is 0. The molecule has 0 fully saturated rings. The number of carbonyl (C=O) groups is 1. The zero-order valence-corrected chi connectivity index (χ0v) is 6.00. The number of hydrogen-bond acceptors (Lipinski definition) is 3. The fraction of sp³-hybridized carbons (Fsp3) is 0.143. The van der Waals surface area contributed by atoms with Crippen molar-refractivity contribution in [2.75, 3.05) is 5.73 Å². The van der Waals surface area contributed by atoms with Crippen molar-refractivity contribution >= 4 is 12.0 Å². The summed E-state index contributed by atoms with van der Waals surface area (Å²) in [6.07, 6.45) is -1.30. The number of nitrogens with two attached hydrogens (primary N) is 1. The Morgan fingerprint density at radius 2 is 2.25 bits per heavy atom. The van der Waals surface area contributed by atoms with Crippen LogP contribution in [0.3, 0.4) is 0 Å². The lowest BCUT2D eigenvalue weighted by Crippen LogP contribution is -1.98. The minimum atomic E-state index is -2.65. The van der Waals surface area contributed by atoms with Gasteiger partial charge in [0.1, 0.15) is 5.69 Å². The predicted molar refractivity (Wildman–Crippen MR) is 39.0 cm³/mol. The van der Waals surface area contributed by atoms with Gasteiger partial charge in [-0.3, -0.25) is 9.78 Å². The second-order valence-electron chi connectivity index (χ2n) is 2.16. The number of pyridine rings is 1. The Bertz CT molecular complexity index is 301. The summed E-state index contributed by atoms with van der Waals surface area (Å²) in [6.45, 7) is 0. The minimum absolute atomic E-state index is 0.0527. The molecule has 1 heterocycles. The number of alkyl halides is 2. The zero-order chi connectivity index (χ0) is 9.14. The molecule has 0 radical (unpaired) electrons. The van der Waals surface area contributed by atoms with E-state index in [1.54, 1.807) is 0 Å². The third kappa shape index (κ3) is 1.55. The van der Waals surface area contributed by atoms with Crippen molar-refractivity contribution in [1.82, 2.24) is 4.98 Å². The van der Waals surface area contributed by atoms with Gasteiger partial charge in [-0.05, 0) is 6.07 Å². The van der Waals surface area contributed by atoms with Crippen molar-refractivity contribution < 1.29 is 13.6 Å². The van der Waals surface area contributed by atoms with E-state index in [0.717, 1.165) is 12.3 Å². The van der Waals surface area contributed by atoms with Crippen molar-refractivity contribution in [3.05, 3.63) is 23.5 Å². The molecule has 1 aromatic heterocycles. The van der Waals surface area contributed by atoms with Gasteiger partial charge >= 0.3 is 0 Å². The van der Waals surface area contributed by atoms with Gasteiger partial charge in [0.25, 0.3) is 6.43 Å². The summed E-state index contributed by atoms with van der Waals surface area (Å²) in [4.78, 5) is 13.6. The lowest BCUT2D eigenvalue weighted by Gasteiger charge is -2.02. The van der Waals surface area contributed by atoms with Gasteiger partial charge in [-0.25, -0.2) is 8.78 Å². The average Bonchev–Trinajstić information content (AvgIpc) is 2.03. The topological polar surface area (TPSA) is 56.0 Å². The third-order valence-electron chi connectivity index (χ3n) is 1.35. The smallest absolute Gasteiger partial charge is 0.267 e. The molecule has 0 aliphatic carbocycles. The van der Waals surface area contributed by atoms with Crippen molar-refractivity contribution in [2.24, 2.45) is 0 Å². The van der Waals surface area contributed by atoms with Gasteiger partial charge in [0.15, 0.2) is 6.29 Å². The second kappa shape index (κ2) is 3.25. The third-order valence-corrected chi connectivity index (χ3v) is 1.35. The zero-order valence-electron chi connectivity index (χ0n) is 6.00. The number of halogens is 2. The summed E-state index contributed by atoms with van der Waals surface area (Å²) < 4.78 is 24.1. The Labute approximate surface area is 67.2 Å². The molecule has 0 atom stereocenters. The lowest BCUT2D eigenvalue weighted by molar-refractivity contribution is 0.111. The van der Waals surface area contributed by atoms with E-state index in [0.29, 0.717) is 6.29 Å². The summed E-state index contributed by atoms with van der Waals surface area (Å²) in [5.74, 6) is 0. The molecule has 5 heteroatoms. The highest BCUT2D eigenvalue weighted by Crippen LogP contribution is 2.23. The Kier molecular flexibility index (Phi) is 2.32. The SMILES string of the molecule is Nc1cc(C=O)ncc1C(F)F. The molecule has 1 rings (SSSR count). The molecular formula is C7H6F2N2O. The maximum absolute atomic E-state index is 12.1. The van der Waals surface area contributed by atoms with E-state index in [1.807, 2.05) is 0 Å². The molecule has 0 aromatic carbocycles. The fourth-order valence-corrected chi connectivity index (χ4v) is 0.745. The molecule has 64 valence electrons. The molecule has 2 N–H and O–H groups in total. The first-order chi connectivity index (χ1) is 5.65. The molecule has 0 bridgehead atoms. The van der Waals surface area contributed by atoms with Crippen LogP contribution in [0.4, 0.5) is 14.5 Å². The van der Waals surface area contributed by atoms with Crippen LogP contribution in [0.15, 0.2) is 12.3 Å². The first-order valence-electron chi connectivity index (χ1n) is 3.14. The Balaban J connectivity index is 3.11. The van der Waals surface area contributed by atoms with Gasteiger partial charge in [0.05, 0.1) is 5.56 Å². The van der Waals surface area contributed by atoms with Crippen LogP contribution in [0.5, 0.6) is 0 Å². The van der Waals surface area contributed by atoms with Crippen LogP contribution in [-0.4, -0.2) is 11.3 Å². The average molecular weight is 172 g/mol. The van der Waals surface area contributed by atoms with E-state index in [2.05, 4.69) is 4.98 Å². The monoisotopic (exact) mass is 172 g/mol. The van der Waals surface area contributed by atoms with Crippen LogP contribution >= 0.6 is 0 Å². The molecule has 0 unspecified atom stereocenters.